The molecule has 27 heavy (non-hydrogen) atoms. The van der Waals surface area contributed by atoms with Gasteiger partial charge in [0.05, 0.1) is 11.1 Å². The average Bonchev–Trinajstić information content (AvgIpc) is 3.18. The van der Waals surface area contributed by atoms with Crippen LogP contribution in [-0.2, 0) is 0 Å². The van der Waals surface area contributed by atoms with E-state index in [4.69, 9.17) is 4.42 Å². The van der Waals surface area contributed by atoms with Gasteiger partial charge in [-0.2, -0.15) is 0 Å². The molecule has 4 rings (SSSR count). The van der Waals surface area contributed by atoms with Crippen LogP contribution in [0.4, 0.5) is 5.69 Å². The van der Waals surface area contributed by atoms with Crippen LogP contribution in [0.25, 0.3) is 16.7 Å². The number of fused-ring (bicyclic) bond motifs is 1. The van der Waals surface area contributed by atoms with Crippen molar-refractivity contribution >= 4 is 22.6 Å². The van der Waals surface area contributed by atoms with Crippen molar-refractivity contribution in [2.45, 2.75) is 13.8 Å². The van der Waals surface area contributed by atoms with Gasteiger partial charge in [-0.25, -0.2) is 0 Å². The van der Waals surface area contributed by atoms with Gasteiger partial charge in [0.25, 0.3) is 5.91 Å². The molecule has 2 heterocycles. The molecule has 8 heteroatoms. The van der Waals surface area contributed by atoms with Crippen molar-refractivity contribution in [2.75, 3.05) is 5.32 Å². The molecule has 2 aromatic carbocycles. The molecule has 0 aliphatic rings. The summed E-state index contributed by atoms with van der Waals surface area (Å²) in [6, 6.07) is 11.6. The van der Waals surface area contributed by atoms with E-state index in [0.717, 1.165) is 11.1 Å². The molecule has 0 aliphatic carbocycles. The maximum Gasteiger partial charge on any atom is 0.291 e. The third-order valence-corrected chi connectivity index (χ3v) is 4.27. The lowest BCUT2D eigenvalue weighted by Crippen LogP contribution is -2.15. The molecular weight excluding hydrogens is 346 g/mol. The number of nitrogens with one attached hydrogen (secondary N) is 1. The fraction of sp³-hybridized carbons (Fsp3) is 0.105. The summed E-state index contributed by atoms with van der Waals surface area (Å²) in [5.74, 6) is -0.545. The number of rotatable bonds is 3. The zero-order valence-electron chi connectivity index (χ0n) is 14.6. The predicted molar refractivity (Wildman–Crippen MR) is 99.1 cm³/mol. The summed E-state index contributed by atoms with van der Waals surface area (Å²) in [5.41, 5.74) is 3.37. The minimum absolute atomic E-state index is 0.0437. The van der Waals surface area contributed by atoms with Gasteiger partial charge in [-0.3, -0.25) is 9.59 Å². The molecule has 0 spiro atoms. The predicted octanol–water partition coefficient (Wildman–Crippen LogP) is 2.64. The third-order valence-electron chi connectivity index (χ3n) is 4.27. The third kappa shape index (κ3) is 3.20. The number of carbonyl (C=O) groups is 1. The Bertz CT molecular complexity index is 1190. The number of benzene rings is 2. The molecule has 2 aromatic heterocycles. The van der Waals surface area contributed by atoms with Gasteiger partial charge in [0.2, 0.25) is 0 Å². The summed E-state index contributed by atoms with van der Waals surface area (Å²) in [5, 5.41) is 14.5. The van der Waals surface area contributed by atoms with Crippen molar-refractivity contribution in [3.05, 3.63) is 75.9 Å². The van der Waals surface area contributed by atoms with Crippen LogP contribution in [0.15, 0.2) is 58.0 Å². The van der Waals surface area contributed by atoms with Crippen molar-refractivity contribution in [3.63, 3.8) is 0 Å². The van der Waals surface area contributed by atoms with Crippen molar-refractivity contribution in [1.82, 2.24) is 20.2 Å². The van der Waals surface area contributed by atoms with Crippen molar-refractivity contribution in [1.29, 1.82) is 0 Å². The first kappa shape index (κ1) is 16.6. The van der Waals surface area contributed by atoms with E-state index in [-0.39, 0.29) is 11.2 Å². The number of amides is 1. The Morgan fingerprint density at radius 3 is 2.52 bits per heavy atom. The number of aryl methyl sites for hydroxylation is 2. The fourth-order valence-corrected chi connectivity index (χ4v) is 2.68. The van der Waals surface area contributed by atoms with E-state index in [2.05, 4.69) is 20.7 Å². The van der Waals surface area contributed by atoms with E-state index < -0.39 is 5.91 Å². The summed E-state index contributed by atoms with van der Waals surface area (Å²) in [6.07, 6.45) is 1.33. The summed E-state index contributed by atoms with van der Waals surface area (Å²) in [7, 11) is 0. The number of anilines is 1. The van der Waals surface area contributed by atoms with Crippen LogP contribution in [0, 0.1) is 13.8 Å². The molecule has 0 aliphatic heterocycles. The molecule has 0 saturated carbocycles. The lowest BCUT2D eigenvalue weighted by Gasteiger charge is -2.07. The van der Waals surface area contributed by atoms with Gasteiger partial charge in [0.15, 0.2) is 17.5 Å². The number of carbonyl (C=O) groups excluding carboxylic acids is 1. The van der Waals surface area contributed by atoms with E-state index in [0.29, 0.717) is 22.3 Å². The summed E-state index contributed by atoms with van der Waals surface area (Å²) < 4.78 is 5.65. The minimum Gasteiger partial charge on any atom is -0.451 e. The Hall–Kier alpha value is -3.81. The zero-order chi connectivity index (χ0) is 19.0. The zero-order valence-corrected chi connectivity index (χ0v) is 14.6. The number of hydrogen-bond donors (Lipinski definition) is 1. The van der Waals surface area contributed by atoms with Crippen molar-refractivity contribution < 1.29 is 9.21 Å². The molecule has 0 bridgehead atoms. The van der Waals surface area contributed by atoms with E-state index in [9.17, 15) is 9.59 Å². The quantitative estimate of drug-likeness (QED) is 0.602. The molecule has 4 aromatic rings. The average molecular weight is 361 g/mol. The highest BCUT2D eigenvalue weighted by Crippen LogP contribution is 2.19. The Kier molecular flexibility index (Phi) is 4.00. The van der Waals surface area contributed by atoms with Gasteiger partial charge in [0, 0.05) is 11.8 Å². The molecule has 0 saturated heterocycles. The standard InChI is InChI=1S/C19H15N5O3/c1-11-7-15-16(25)9-18(27-17(15)8-12(11)2)19(26)22-13-3-5-14(6-4-13)24-21-10-20-23-24/h3-10H,1-2H3,(H,22,26). The number of hydrogen-bond acceptors (Lipinski definition) is 6. The van der Waals surface area contributed by atoms with Gasteiger partial charge in [0.1, 0.15) is 5.58 Å². The normalized spacial score (nSPS) is 10.9. The number of nitrogens with zero attached hydrogens (tertiary/aromatic N) is 4. The van der Waals surface area contributed by atoms with Gasteiger partial charge in [-0.1, -0.05) is 0 Å². The molecule has 0 atom stereocenters. The van der Waals surface area contributed by atoms with Crippen LogP contribution < -0.4 is 10.7 Å². The van der Waals surface area contributed by atoms with E-state index >= 15 is 0 Å². The van der Waals surface area contributed by atoms with Crippen LogP contribution in [0.5, 0.6) is 0 Å². The minimum atomic E-state index is -0.501. The van der Waals surface area contributed by atoms with E-state index in [1.165, 1.54) is 17.2 Å². The monoisotopic (exact) mass is 361 g/mol. The lowest BCUT2D eigenvalue weighted by atomic mass is 10.1. The topological polar surface area (TPSA) is 103 Å². The Labute approximate surface area is 153 Å². The summed E-state index contributed by atoms with van der Waals surface area (Å²) in [6.45, 7) is 3.85. The highest BCUT2D eigenvalue weighted by Gasteiger charge is 2.14. The first-order chi connectivity index (χ1) is 13.0. The first-order valence-corrected chi connectivity index (χ1v) is 8.21. The maximum atomic E-state index is 12.5. The highest BCUT2D eigenvalue weighted by molar-refractivity contribution is 6.03. The lowest BCUT2D eigenvalue weighted by molar-refractivity contribution is 0.0997. The molecule has 0 radical (unpaired) electrons. The van der Waals surface area contributed by atoms with Crippen LogP contribution in [0.3, 0.4) is 0 Å². The Morgan fingerprint density at radius 2 is 1.81 bits per heavy atom. The van der Waals surface area contributed by atoms with Gasteiger partial charge in [-0.15, -0.1) is 15.0 Å². The molecule has 134 valence electrons. The van der Waals surface area contributed by atoms with Crippen molar-refractivity contribution in [2.24, 2.45) is 0 Å². The van der Waals surface area contributed by atoms with Gasteiger partial charge in [-0.05, 0) is 66.6 Å². The second kappa shape index (κ2) is 6.49. The second-order valence-electron chi connectivity index (χ2n) is 6.13. The van der Waals surface area contributed by atoms with Crippen LogP contribution in [0.1, 0.15) is 21.7 Å². The number of aromatic nitrogens is 4. The Morgan fingerprint density at radius 1 is 1.07 bits per heavy atom. The fourth-order valence-electron chi connectivity index (χ4n) is 2.68. The highest BCUT2D eigenvalue weighted by atomic mass is 16.3. The molecule has 8 nitrogen and oxygen atoms in total. The van der Waals surface area contributed by atoms with Gasteiger partial charge >= 0.3 is 0 Å². The number of tetrazole rings is 1. The van der Waals surface area contributed by atoms with Crippen LogP contribution in [-0.4, -0.2) is 26.1 Å². The van der Waals surface area contributed by atoms with Crippen molar-refractivity contribution in [3.8, 4) is 5.69 Å². The summed E-state index contributed by atoms with van der Waals surface area (Å²) in [4.78, 5) is 26.2. The van der Waals surface area contributed by atoms with Crippen LogP contribution >= 0.6 is 0 Å². The van der Waals surface area contributed by atoms with Gasteiger partial charge < -0.3 is 9.73 Å². The SMILES string of the molecule is Cc1cc2oc(C(=O)Nc3ccc(-n4ncnn4)cc3)cc(=O)c2cc1C. The smallest absolute Gasteiger partial charge is 0.291 e. The van der Waals surface area contributed by atoms with E-state index in [1.54, 1.807) is 36.4 Å². The largest absolute Gasteiger partial charge is 0.451 e. The molecule has 0 fully saturated rings. The second-order valence-corrected chi connectivity index (χ2v) is 6.13. The molecule has 1 N–H and O–H groups in total. The molecule has 0 unspecified atom stereocenters. The molecule has 1 amide bonds. The first-order valence-electron chi connectivity index (χ1n) is 8.21. The van der Waals surface area contributed by atoms with Crippen LogP contribution in [0.2, 0.25) is 0 Å². The maximum absolute atomic E-state index is 12.5. The Balaban J connectivity index is 1.61. The summed E-state index contributed by atoms with van der Waals surface area (Å²) >= 11 is 0. The van der Waals surface area contributed by atoms with E-state index in [1.807, 2.05) is 13.8 Å². The molecular formula is C19H15N5O3.